The summed E-state index contributed by atoms with van der Waals surface area (Å²) in [5, 5.41) is 1.11. The van der Waals surface area contributed by atoms with Crippen molar-refractivity contribution in [2.24, 2.45) is 0 Å². The molecule has 0 atom stereocenters. The van der Waals surface area contributed by atoms with Crippen LogP contribution in [-0.4, -0.2) is 39.7 Å². The van der Waals surface area contributed by atoms with Crippen molar-refractivity contribution in [1.82, 2.24) is 9.88 Å². The van der Waals surface area contributed by atoms with Crippen molar-refractivity contribution in [3.05, 3.63) is 40.3 Å². The normalized spacial score (nSPS) is 18.6. The number of unbranched alkanes of at least 4 members (excludes halogenated alkanes) is 3. The second-order valence-electron chi connectivity index (χ2n) is 8.54. The molecule has 2 aliphatic rings. The number of aromatic nitrogens is 1. The van der Waals surface area contributed by atoms with Gasteiger partial charge in [0, 0.05) is 30.6 Å². The summed E-state index contributed by atoms with van der Waals surface area (Å²) in [7, 11) is 0. The molecule has 164 valence electrons. The Morgan fingerprint density at radius 2 is 1.94 bits per heavy atom. The van der Waals surface area contributed by atoms with Crippen molar-refractivity contribution in [3.63, 3.8) is 0 Å². The second-order valence-corrected chi connectivity index (χ2v) is 10.2. The van der Waals surface area contributed by atoms with E-state index in [4.69, 9.17) is 17.2 Å². The number of aryl methyl sites for hydroxylation is 1. The van der Waals surface area contributed by atoms with Gasteiger partial charge in [-0.3, -0.25) is 9.69 Å². The number of carbonyl (C=O) groups excluding carboxylic acids is 1. The van der Waals surface area contributed by atoms with Gasteiger partial charge in [-0.1, -0.05) is 61.8 Å². The Kier molecular flexibility index (Phi) is 7.28. The highest BCUT2D eigenvalue weighted by Crippen LogP contribution is 2.35. The monoisotopic (exact) mass is 453 g/mol. The number of fused-ring (bicyclic) bond motifs is 1. The fraction of sp³-hybridized carbons (Fsp3) is 0.480. The number of pyridine rings is 1. The predicted molar refractivity (Wildman–Crippen MR) is 137 cm³/mol. The number of anilines is 1. The number of benzene rings is 1. The minimum atomic E-state index is 0.0421. The molecule has 2 aromatic rings. The number of thioether (sulfide) groups is 1. The van der Waals surface area contributed by atoms with Gasteiger partial charge in [-0.2, -0.15) is 0 Å². The number of nitrogens with zero attached hydrogens (tertiary/aromatic N) is 3. The zero-order chi connectivity index (χ0) is 21.8. The van der Waals surface area contributed by atoms with Crippen LogP contribution in [-0.2, 0) is 4.79 Å². The van der Waals surface area contributed by atoms with Gasteiger partial charge in [0.2, 0.25) is 0 Å². The molecule has 1 amide bonds. The van der Waals surface area contributed by atoms with Gasteiger partial charge in [0.1, 0.15) is 10.1 Å². The molecular weight excluding hydrogens is 422 g/mol. The largest absolute Gasteiger partial charge is 0.356 e. The van der Waals surface area contributed by atoms with Crippen LogP contribution in [0.25, 0.3) is 17.0 Å². The highest BCUT2D eigenvalue weighted by molar-refractivity contribution is 8.26. The SMILES string of the molecule is CCCCCCN1C(=O)/C(=C/c2cc3cc(C)ccc3nc2N2CCCCC2)SC1=S. The van der Waals surface area contributed by atoms with Gasteiger partial charge in [0.15, 0.2) is 0 Å². The standard InChI is InChI=1S/C25H31N3OS2/c1-3-4-5-9-14-28-24(29)22(31-25(28)30)17-20-16-19-15-18(2)10-11-21(19)26-23(20)27-12-7-6-8-13-27/h10-11,15-17H,3-9,12-14H2,1-2H3/b22-17-. The van der Waals surface area contributed by atoms with Crippen molar-refractivity contribution < 1.29 is 4.79 Å². The van der Waals surface area contributed by atoms with E-state index in [9.17, 15) is 4.79 Å². The van der Waals surface area contributed by atoms with E-state index in [1.54, 1.807) is 4.90 Å². The van der Waals surface area contributed by atoms with Gasteiger partial charge < -0.3 is 4.90 Å². The summed E-state index contributed by atoms with van der Waals surface area (Å²) in [4.78, 5) is 23.0. The minimum absolute atomic E-state index is 0.0421. The summed E-state index contributed by atoms with van der Waals surface area (Å²) >= 11 is 6.97. The maximum Gasteiger partial charge on any atom is 0.266 e. The molecule has 2 aliphatic heterocycles. The molecule has 0 aliphatic carbocycles. The number of thiocarbonyl (C=S) groups is 1. The van der Waals surface area contributed by atoms with Gasteiger partial charge in [0.05, 0.1) is 10.4 Å². The second kappa shape index (κ2) is 10.1. The van der Waals surface area contributed by atoms with Crippen LogP contribution < -0.4 is 4.90 Å². The number of carbonyl (C=O) groups is 1. The molecule has 0 bridgehead atoms. The maximum absolute atomic E-state index is 13.1. The van der Waals surface area contributed by atoms with Crippen LogP contribution in [0.4, 0.5) is 5.82 Å². The molecule has 1 aromatic heterocycles. The van der Waals surface area contributed by atoms with Crippen molar-refractivity contribution >= 4 is 57.0 Å². The van der Waals surface area contributed by atoms with E-state index in [0.717, 1.165) is 54.8 Å². The van der Waals surface area contributed by atoms with Crippen LogP contribution in [0.1, 0.15) is 63.0 Å². The lowest BCUT2D eigenvalue weighted by Gasteiger charge is -2.29. The lowest BCUT2D eigenvalue weighted by atomic mass is 10.1. The van der Waals surface area contributed by atoms with Crippen molar-refractivity contribution in [3.8, 4) is 0 Å². The fourth-order valence-corrected chi connectivity index (χ4v) is 5.60. The van der Waals surface area contributed by atoms with E-state index >= 15 is 0 Å². The van der Waals surface area contributed by atoms with Crippen LogP contribution in [0, 0.1) is 6.92 Å². The first-order valence-corrected chi connectivity index (χ1v) is 12.7. The van der Waals surface area contributed by atoms with Gasteiger partial charge in [-0.15, -0.1) is 0 Å². The lowest BCUT2D eigenvalue weighted by molar-refractivity contribution is -0.122. The summed E-state index contributed by atoms with van der Waals surface area (Å²) < 4.78 is 0.678. The molecule has 4 rings (SSSR count). The molecule has 0 unspecified atom stereocenters. The molecule has 3 heterocycles. The summed E-state index contributed by atoms with van der Waals surface area (Å²) in [5.41, 5.74) is 3.24. The van der Waals surface area contributed by atoms with E-state index in [1.807, 2.05) is 6.08 Å². The number of rotatable bonds is 7. The van der Waals surface area contributed by atoms with Crippen LogP contribution in [0.5, 0.6) is 0 Å². The summed E-state index contributed by atoms with van der Waals surface area (Å²) in [6, 6.07) is 8.56. The highest BCUT2D eigenvalue weighted by Gasteiger charge is 2.32. The van der Waals surface area contributed by atoms with Crippen molar-refractivity contribution in [2.75, 3.05) is 24.5 Å². The van der Waals surface area contributed by atoms with Crippen LogP contribution in [0.3, 0.4) is 0 Å². The van der Waals surface area contributed by atoms with Crippen LogP contribution in [0.2, 0.25) is 0 Å². The zero-order valence-corrected chi connectivity index (χ0v) is 20.2. The smallest absolute Gasteiger partial charge is 0.266 e. The Morgan fingerprint density at radius 1 is 1.13 bits per heavy atom. The quantitative estimate of drug-likeness (QED) is 0.279. The van der Waals surface area contributed by atoms with E-state index in [1.165, 1.54) is 49.4 Å². The average molecular weight is 454 g/mol. The molecule has 0 saturated carbocycles. The van der Waals surface area contributed by atoms with E-state index in [-0.39, 0.29) is 5.91 Å². The fourth-order valence-electron chi connectivity index (χ4n) is 4.30. The highest BCUT2D eigenvalue weighted by atomic mass is 32.2. The third-order valence-corrected chi connectivity index (χ3v) is 7.41. The molecule has 2 saturated heterocycles. The molecular formula is C25H31N3OS2. The molecule has 0 N–H and O–H groups in total. The van der Waals surface area contributed by atoms with E-state index in [0.29, 0.717) is 9.23 Å². The molecule has 0 radical (unpaired) electrons. The van der Waals surface area contributed by atoms with E-state index < -0.39 is 0 Å². The number of hydrogen-bond donors (Lipinski definition) is 0. The van der Waals surface area contributed by atoms with Gasteiger partial charge in [-0.05, 0) is 56.9 Å². The van der Waals surface area contributed by atoms with Gasteiger partial charge in [0.25, 0.3) is 5.91 Å². The number of piperidine rings is 1. The first kappa shape index (κ1) is 22.3. The Bertz CT molecular complexity index is 1010. The molecule has 2 fully saturated rings. The first-order chi connectivity index (χ1) is 15.1. The minimum Gasteiger partial charge on any atom is -0.356 e. The molecule has 1 aromatic carbocycles. The topological polar surface area (TPSA) is 36.4 Å². The average Bonchev–Trinajstić information content (AvgIpc) is 3.04. The Morgan fingerprint density at radius 3 is 2.71 bits per heavy atom. The summed E-state index contributed by atoms with van der Waals surface area (Å²) in [6.07, 6.45) is 10.2. The Balaban J connectivity index is 1.66. The molecule has 4 nitrogen and oxygen atoms in total. The zero-order valence-electron chi connectivity index (χ0n) is 18.5. The number of amides is 1. The maximum atomic E-state index is 13.1. The summed E-state index contributed by atoms with van der Waals surface area (Å²) in [5.74, 6) is 1.03. The van der Waals surface area contributed by atoms with Crippen molar-refractivity contribution in [1.29, 1.82) is 0 Å². The Labute approximate surface area is 195 Å². The molecule has 0 spiro atoms. The summed E-state index contributed by atoms with van der Waals surface area (Å²) in [6.45, 7) is 7.05. The first-order valence-electron chi connectivity index (χ1n) is 11.5. The lowest BCUT2D eigenvalue weighted by Crippen LogP contribution is -2.31. The third-order valence-electron chi connectivity index (χ3n) is 6.03. The van der Waals surface area contributed by atoms with Gasteiger partial charge >= 0.3 is 0 Å². The number of hydrogen-bond acceptors (Lipinski definition) is 5. The predicted octanol–water partition coefficient (Wildman–Crippen LogP) is 6.32. The third kappa shape index (κ3) is 5.12. The van der Waals surface area contributed by atoms with Gasteiger partial charge in [-0.25, -0.2) is 4.98 Å². The Hall–Kier alpha value is -1.92. The molecule has 6 heteroatoms. The van der Waals surface area contributed by atoms with E-state index in [2.05, 4.69) is 43.0 Å². The van der Waals surface area contributed by atoms with Crippen molar-refractivity contribution in [2.45, 2.75) is 58.8 Å². The van der Waals surface area contributed by atoms with Crippen LogP contribution in [0.15, 0.2) is 29.2 Å². The van der Waals surface area contributed by atoms with Crippen LogP contribution >= 0.6 is 24.0 Å². The molecule has 31 heavy (non-hydrogen) atoms.